The maximum Gasteiger partial charge on any atom is 0.344 e. The van der Waals surface area contributed by atoms with Gasteiger partial charge in [-0.3, -0.25) is 4.90 Å². The summed E-state index contributed by atoms with van der Waals surface area (Å²) in [6, 6.07) is 20.6. The van der Waals surface area contributed by atoms with Crippen molar-refractivity contribution in [2.45, 2.75) is 78.8 Å². The number of hydrogen-bond donors (Lipinski definition) is 0. The summed E-state index contributed by atoms with van der Waals surface area (Å²) in [6.07, 6.45) is 0.736. The Morgan fingerprint density at radius 2 is 1.55 bits per heavy atom. The van der Waals surface area contributed by atoms with Gasteiger partial charge in [-0.2, -0.15) is 0 Å². The van der Waals surface area contributed by atoms with E-state index in [0.29, 0.717) is 16.7 Å². The second-order valence-electron chi connectivity index (χ2n) is 11.9. The quantitative estimate of drug-likeness (QED) is 0.146. The molecule has 0 spiro atoms. The molecule has 1 aliphatic heterocycles. The lowest BCUT2D eigenvalue weighted by Crippen LogP contribution is -2.41. The fourth-order valence-electron chi connectivity index (χ4n) is 6.64. The van der Waals surface area contributed by atoms with Crippen molar-refractivity contribution < 1.29 is 18.6 Å². The number of hydrogen-bond acceptors (Lipinski definition) is 6. The normalized spacial score (nSPS) is 17.4. The Balaban J connectivity index is 1.70. The van der Waals surface area contributed by atoms with Crippen molar-refractivity contribution >= 4 is 32.5 Å². The summed E-state index contributed by atoms with van der Waals surface area (Å²) >= 11 is 0. The monoisotopic (exact) mass is 565 g/mol. The summed E-state index contributed by atoms with van der Waals surface area (Å²) < 4.78 is 24.5. The van der Waals surface area contributed by atoms with Crippen molar-refractivity contribution in [1.29, 1.82) is 0 Å². The van der Waals surface area contributed by atoms with Crippen LogP contribution in [0.4, 0.5) is 0 Å². The van der Waals surface area contributed by atoms with Crippen LogP contribution in [0.2, 0.25) is 0 Å². The molecule has 218 valence electrons. The summed E-state index contributed by atoms with van der Waals surface area (Å²) in [4.78, 5) is 16.1. The number of rotatable bonds is 7. The second-order valence-corrected chi connectivity index (χ2v) is 11.9. The van der Waals surface area contributed by atoms with Gasteiger partial charge in [-0.15, -0.1) is 0 Å². The summed E-state index contributed by atoms with van der Waals surface area (Å²) in [5, 5.41) is 4.09. The highest BCUT2D eigenvalue weighted by Crippen LogP contribution is 2.48. The largest absolute Gasteiger partial charge is 0.496 e. The molecule has 0 aliphatic carbocycles. The molecule has 6 nitrogen and oxygen atoms in total. The Hall–Kier alpha value is -4.03. The van der Waals surface area contributed by atoms with Gasteiger partial charge in [0.2, 0.25) is 0 Å². The molecule has 5 aromatic rings. The molecular weight excluding hydrogens is 526 g/mol. The molecule has 6 rings (SSSR count). The Labute approximate surface area is 246 Å². The molecule has 0 amide bonds. The fourth-order valence-corrected chi connectivity index (χ4v) is 6.64. The lowest BCUT2D eigenvalue weighted by molar-refractivity contribution is 0.124. The first-order chi connectivity index (χ1) is 20.2. The lowest BCUT2D eigenvalue weighted by Gasteiger charge is -2.41. The van der Waals surface area contributed by atoms with Crippen LogP contribution in [0.3, 0.4) is 0 Å². The molecule has 0 N–H and O–H groups in total. The van der Waals surface area contributed by atoms with E-state index in [2.05, 4.69) is 55.1 Å². The Morgan fingerprint density at radius 3 is 2.24 bits per heavy atom. The first-order valence-corrected chi connectivity index (χ1v) is 14.9. The first-order valence-electron chi connectivity index (χ1n) is 14.9. The predicted octanol–water partition coefficient (Wildman–Crippen LogP) is 8.19. The van der Waals surface area contributed by atoms with Crippen molar-refractivity contribution in [2.75, 3.05) is 7.11 Å². The van der Waals surface area contributed by atoms with Crippen molar-refractivity contribution in [2.24, 2.45) is 0 Å². The van der Waals surface area contributed by atoms with Crippen LogP contribution in [0.15, 0.2) is 69.9 Å². The van der Waals surface area contributed by atoms with Crippen LogP contribution in [-0.2, 0) is 13.0 Å². The van der Waals surface area contributed by atoms with E-state index in [1.54, 1.807) is 13.2 Å². The van der Waals surface area contributed by atoms with Crippen LogP contribution in [0, 0.1) is 0 Å². The summed E-state index contributed by atoms with van der Waals surface area (Å²) in [7, 11) is 1.62. The summed E-state index contributed by atoms with van der Waals surface area (Å²) in [6.45, 7) is 13.4. The van der Waals surface area contributed by atoms with Gasteiger partial charge in [0.1, 0.15) is 22.8 Å². The molecule has 0 saturated carbocycles. The maximum atomic E-state index is 13.6. The Bertz CT molecular complexity index is 1840. The third-order valence-electron chi connectivity index (χ3n) is 8.29. The summed E-state index contributed by atoms with van der Waals surface area (Å²) in [5.41, 5.74) is 3.74. The van der Waals surface area contributed by atoms with Crippen LogP contribution in [0.1, 0.15) is 64.3 Å². The topological polar surface area (TPSA) is 61.1 Å². The number of benzene rings is 4. The van der Waals surface area contributed by atoms with Crippen LogP contribution >= 0.6 is 0 Å². The van der Waals surface area contributed by atoms with E-state index < -0.39 is 5.63 Å². The predicted molar refractivity (Wildman–Crippen MR) is 169 cm³/mol. The van der Waals surface area contributed by atoms with Gasteiger partial charge in [-0.25, -0.2) is 4.79 Å². The molecule has 0 fully saturated rings. The van der Waals surface area contributed by atoms with Crippen LogP contribution in [-0.4, -0.2) is 30.3 Å². The second kappa shape index (κ2) is 11.0. The highest BCUT2D eigenvalue weighted by atomic mass is 16.5. The van der Waals surface area contributed by atoms with E-state index in [4.69, 9.17) is 18.6 Å². The molecule has 42 heavy (non-hydrogen) atoms. The van der Waals surface area contributed by atoms with E-state index in [1.165, 1.54) is 11.1 Å². The molecule has 0 bridgehead atoms. The zero-order chi connectivity index (χ0) is 29.7. The van der Waals surface area contributed by atoms with E-state index in [-0.39, 0.29) is 24.3 Å². The number of ether oxygens (including phenoxy) is 3. The molecule has 1 aromatic heterocycles. The Kier molecular flexibility index (Phi) is 7.36. The van der Waals surface area contributed by atoms with E-state index in [9.17, 15) is 4.79 Å². The van der Waals surface area contributed by atoms with Crippen molar-refractivity contribution in [3.63, 3.8) is 0 Å². The lowest BCUT2D eigenvalue weighted by atomic mass is 9.84. The third-order valence-corrected chi connectivity index (χ3v) is 8.29. The number of fused-ring (bicyclic) bond motifs is 7. The van der Waals surface area contributed by atoms with Gasteiger partial charge in [0.05, 0.1) is 30.1 Å². The van der Waals surface area contributed by atoms with Gasteiger partial charge in [0.15, 0.2) is 0 Å². The minimum atomic E-state index is -0.397. The minimum Gasteiger partial charge on any atom is -0.496 e. The van der Waals surface area contributed by atoms with Gasteiger partial charge in [-0.05, 0) is 76.6 Å². The number of nitrogens with zero attached hydrogens (tertiary/aromatic N) is 1. The summed E-state index contributed by atoms with van der Waals surface area (Å²) in [5.74, 6) is 2.09. The van der Waals surface area contributed by atoms with E-state index in [0.717, 1.165) is 51.6 Å². The van der Waals surface area contributed by atoms with Gasteiger partial charge in [0.25, 0.3) is 0 Å². The minimum absolute atomic E-state index is 0.0191. The molecule has 1 aliphatic rings. The van der Waals surface area contributed by atoms with Crippen molar-refractivity contribution in [3.05, 3.63) is 87.8 Å². The van der Waals surface area contributed by atoms with Gasteiger partial charge >= 0.3 is 5.63 Å². The van der Waals surface area contributed by atoms with E-state index in [1.807, 2.05) is 45.9 Å². The zero-order valence-corrected chi connectivity index (χ0v) is 25.5. The number of methoxy groups -OCH3 is 1. The average molecular weight is 566 g/mol. The fraction of sp³-hybridized carbons (Fsp3) is 0.361. The molecule has 2 atom stereocenters. The zero-order valence-electron chi connectivity index (χ0n) is 25.5. The standard InChI is InChI=1S/C36H39NO5/c1-20(2)40-28-15-11-14-25-33-27(17-29(39-7)34(25)28)36(38)42-31-18-30(41-21(3)4)32-23(6)37(19-24-12-9-8-10-13-24)22(5)16-26(32)35(31)33/h8-15,17-18,20-23H,16,19H2,1-7H3/t22-,23-/m1/s1. The van der Waals surface area contributed by atoms with Gasteiger partial charge in [-0.1, -0.05) is 42.5 Å². The highest BCUT2D eigenvalue weighted by molar-refractivity contribution is 6.22. The van der Waals surface area contributed by atoms with Gasteiger partial charge in [0, 0.05) is 41.0 Å². The smallest absolute Gasteiger partial charge is 0.344 e. The SMILES string of the molecule is COc1cc2c(=O)oc3cc(OC(C)C)c4c(c3c2c2cccc(OC(C)C)c12)C[C@@H](C)N(Cc1ccccc1)[C@@H]4C. The van der Waals surface area contributed by atoms with E-state index >= 15 is 0 Å². The molecule has 4 aromatic carbocycles. The molecule has 0 saturated heterocycles. The van der Waals surface area contributed by atoms with Gasteiger partial charge < -0.3 is 18.6 Å². The Morgan fingerprint density at radius 1 is 0.833 bits per heavy atom. The third kappa shape index (κ3) is 4.78. The molecule has 0 radical (unpaired) electrons. The molecule has 2 heterocycles. The van der Waals surface area contributed by atoms with Crippen molar-refractivity contribution in [3.8, 4) is 17.2 Å². The highest BCUT2D eigenvalue weighted by Gasteiger charge is 2.35. The maximum absolute atomic E-state index is 13.6. The first kappa shape index (κ1) is 28.1. The molecular formula is C36H39NO5. The van der Waals surface area contributed by atoms with Crippen molar-refractivity contribution in [1.82, 2.24) is 4.90 Å². The molecule has 0 unspecified atom stereocenters. The van der Waals surface area contributed by atoms with Crippen LogP contribution in [0.5, 0.6) is 17.2 Å². The molecule has 6 heteroatoms. The average Bonchev–Trinajstić information content (AvgIpc) is 2.94. The van der Waals surface area contributed by atoms with Crippen LogP contribution < -0.4 is 19.8 Å². The van der Waals surface area contributed by atoms with Crippen LogP contribution in [0.25, 0.3) is 32.5 Å².